The smallest absolute Gasteiger partial charge is 0.275 e. The molecule has 1 aromatic heterocycles. The summed E-state index contributed by atoms with van der Waals surface area (Å²) in [4.78, 5) is 49.3. The Labute approximate surface area is 199 Å². The number of rotatable bonds is 3. The first-order valence-corrected chi connectivity index (χ1v) is 11.1. The van der Waals surface area contributed by atoms with Gasteiger partial charge in [0.15, 0.2) is 0 Å². The third-order valence-electron chi connectivity index (χ3n) is 5.90. The second-order valence-electron chi connectivity index (χ2n) is 8.52. The normalized spacial score (nSPS) is 21.6. The number of nitrogens with zero attached hydrogens (tertiary/aromatic N) is 4. The van der Waals surface area contributed by atoms with Gasteiger partial charge < -0.3 is 24.6 Å². The molecular formula is C24H31N5O5. The maximum atomic E-state index is 13.2. The van der Waals surface area contributed by atoms with Gasteiger partial charge in [-0.3, -0.25) is 19.4 Å². The quantitative estimate of drug-likeness (QED) is 0.732. The van der Waals surface area contributed by atoms with Gasteiger partial charge in [-0.1, -0.05) is 6.92 Å². The van der Waals surface area contributed by atoms with Gasteiger partial charge in [-0.15, -0.1) is 0 Å². The van der Waals surface area contributed by atoms with Crippen LogP contribution in [0.1, 0.15) is 41.6 Å². The van der Waals surface area contributed by atoms with Crippen molar-refractivity contribution >= 4 is 23.4 Å². The summed E-state index contributed by atoms with van der Waals surface area (Å²) in [5, 5.41) is 2.75. The van der Waals surface area contributed by atoms with Gasteiger partial charge in [0, 0.05) is 64.2 Å². The minimum Gasteiger partial charge on any atom is -0.491 e. The van der Waals surface area contributed by atoms with Crippen LogP contribution in [0.4, 0.5) is 5.69 Å². The molecule has 182 valence electrons. The van der Waals surface area contributed by atoms with Crippen molar-refractivity contribution in [2.45, 2.75) is 32.9 Å². The summed E-state index contributed by atoms with van der Waals surface area (Å²) in [6.45, 7) is 6.43. The summed E-state index contributed by atoms with van der Waals surface area (Å²) in [5.41, 5.74) is 0.957. The molecule has 2 aromatic rings. The van der Waals surface area contributed by atoms with Crippen molar-refractivity contribution in [3.05, 3.63) is 48.0 Å². The first-order chi connectivity index (χ1) is 16.2. The standard InChI is InChI=1S/C24H31N5O5/c1-15-12-29(17(3)30)16(2)14-34-21-10-18(27-23(31)20-11-25-8-9-26-20)6-7-19(21)24(32)28(4)13-22(15)33-5/h6-11,15-16,22H,12-14H2,1-5H3,(H,27,31)/t15-,16+,22-/m1/s1. The molecule has 1 aliphatic heterocycles. The van der Waals surface area contributed by atoms with Crippen LogP contribution in [0.25, 0.3) is 0 Å². The summed E-state index contributed by atoms with van der Waals surface area (Å²) in [7, 11) is 3.31. The Bertz CT molecular complexity index is 1030. The molecule has 0 bridgehead atoms. The number of likely N-dealkylation sites (N-methyl/N-ethyl adjacent to an activating group) is 1. The molecule has 1 aromatic carbocycles. The van der Waals surface area contributed by atoms with E-state index < -0.39 is 5.91 Å². The maximum Gasteiger partial charge on any atom is 0.275 e. The zero-order valence-corrected chi connectivity index (χ0v) is 20.1. The molecule has 0 aliphatic carbocycles. The average Bonchev–Trinajstić information content (AvgIpc) is 2.83. The molecule has 3 rings (SSSR count). The number of aromatic nitrogens is 2. The summed E-state index contributed by atoms with van der Waals surface area (Å²) in [6, 6.07) is 4.61. The lowest BCUT2D eigenvalue weighted by molar-refractivity contribution is -0.133. The number of carbonyl (C=O) groups is 3. The highest BCUT2D eigenvalue weighted by Gasteiger charge is 2.29. The molecular weight excluding hydrogens is 438 g/mol. The Morgan fingerprint density at radius 3 is 2.62 bits per heavy atom. The van der Waals surface area contributed by atoms with Crippen LogP contribution < -0.4 is 10.1 Å². The van der Waals surface area contributed by atoms with E-state index in [1.165, 1.54) is 25.5 Å². The molecule has 2 heterocycles. The Kier molecular flexibility index (Phi) is 8.17. The van der Waals surface area contributed by atoms with E-state index in [4.69, 9.17) is 9.47 Å². The van der Waals surface area contributed by atoms with E-state index >= 15 is 0 Å². The van der Waals surface area contributed by atoms with Crippen molar-refractivity contribution in [1.29, 1.82) is 0 Å². The van der Waals surface area contributed by atoms with Crippen molar-refractivity contribution in [3.63, 3.8) is 0 Å². The van der Waals surface area contributed by atoms with Crippen LogP contribution in [0.3, 0.4) is 0 Å². The molecule has 3 amide bonds. The van der Waals surface area contributed by atoms with E-state index in [1.54, 1.807) is 42.2 Å². The van der Waals surface area contributed by atoms with E-state index in [-0.39, 0.29) is 42.2 Å². The molecule has 0 radical (unpaired) electrons. The monoisotopic (exact) mass is 469 g/mol. The summed E-state index contributed by atoms with van der Waals surface area (Å²) in [6.07, 6.45) is 4.02. The number of hydrogen-bond acceptors (Lipinski definition) is 7. The van der Waals surface area contributed by atoms with E-state index in [9.17, 15) is 14.4 Å². The van der Waals surface area contributed by atoms with Crippen LogP contribution in [-0.2, 0) is 9.53 Å². The Balaban J connectivity index is 1.93. The number of benzene rings is 1. The number of hydrogen-bond donors (Lipinski definition) is 1. The zero-order chi connectivity index (χ0) is 24.8. The molecule has 0 saturated carbocycles. The van der Waals surface area contributed by atoms with E-state index in [1.807, 2.05) is 13.8 Å². The first-order valence-electron chi connectivity index (χ1n) is 11.1. The molecule has 3 atom stereocenters. The number of anilines is 1. The number of amides is 3. The molecule has 1 aliphatic rings. The van der Waals surface area contributed by atoms with Crippen molar-refractivity contribution in [3.8, 4) is 5.75 Å². The van der Waals surface area contributed by atoms with Gasteiger partial charge in [0.05, 0.1) is 23.9 Å². The number of methoxy groups -OCH3 is 1. The largest absolute Gasteiger partial charge is 0.491 e. The predicted molar refractivity (Wildman–Crippen MR) is 126 cm³/mol. The van der Waals surface area contributed by atoms with Gasteiger partial charge in [0.1, 0.15) is 18.1 Å². The lowest BCUT2D eigenvalue weighted by atomic mass is 10.0. The third-order valence-corrected chi connectivity index (χ3v) is 5.90. The fourth-order valence-corrected chi connectivity index (χ4v) is 3.90. The van der Waals surface area contributed by atoms with Gasteiger partial charge in [-0.2, -0.15) is 0 Å². The molecule has 10 heteroatoms. The second kappa shape index (κ2) is 11.1. The minimum atomic E-state index is -0.433. The van der Waals surface area contributed by atoms with E-state index in [0.717, 1.165) is 0 Å². The van der Waals surface area contributed by atoms with E-state index in [0.29, 0.717) is 30.1 Å². The highest BCUT2D eigenvalue weighted by molar-refractivity contribution is 6.03. The lowest BCUT2D eigenvalue weighted by Gasteiger charge is -2.35. The fourth-order valence-electron chi connectivity index (χ4n) is 3.90. The number of nitrogens with one attached hydrogen (secondary N) is 1. The molecule has 1 N–H and O–H groups in total. The average molecular weight is 470 g/mol. The number of fused-ring (bicyclic) bond motifs is 1. The van der Waals surface area contributed by atoms with Crippen LogP contribution in [-0.4, -0.2) is 83.5 Å². The predicted octanol–water partition coefficient (Wildman–Crippen LogP) is 2.08. The molecule has 0 spiro atoms. The maximum absolute atomic E-state index is 13.2. The molecule has 0 fully saturated rings. The van der Waals surface area contributed by atoms with E-state index in [2.05, 4.69) is 15.3 Å². The number of ether oxygens (including phenoxy) is 2. The second-order valence-corrected chi connectivity index (χ2v) is 8.52. The molecule has 0 saturated heterocycles. The van der Waals surface area contributed by atoms with Crippen molar-refractivity contribution in [2.24, 2.45) is 5.92 Å². The highest BCUT2D eigenvalue weighted by Crippen LogP contribution is 2.27. The zero-order valence-electron chi connectivity index (χ0n) is 20.1. The summed E-state index contributed by atoms with van der Waals surface area (Å²) >= 11 is 0. The lowest BCUT2D eigenvalue weighted by Crippen LogP contribution is -2.48. The topological polar surface area (TPSA) is 114 Å². The van der Waals surface area contributed by atoms with Gasteiger partial charge in [-0.25, -0.2) is 4.98 Å². The van der Waals surface area contributed by atoms with Crippen LogP contribution >= 0.6 is 0 Å². The molecule has 0 unspecified atom stereocenters. The Morgan fingerprint density at radius 2 is 1.97 bits per heavy atom. The van der Waals surface area contributed by atoms with Crippen LogP contribution in [0, 0.1) is 5.92 Å². The minimum absolute atomic E-state index is 0.00386. The number of carbonyl (C=O) groups excluding carboxylic acids is 3. The van der Waals surface area contributed by atoms with Gasteiger partial charge >= 0.3 is 0 Å². The van der Waals surface area contributed by atoms with Crippen molar-refractivity contribution in [2.75, 3.05) is 39.2 Å². The fraction of sp³-hybridized carbons (Fsp3) is 0.458. The van der Waals surface area contributed by atoms with Crippen LogP contribution in [0.2, 0.25) is 0 Å². The SMILES string of the molecule is CO[C@@H]1CN(C)C(=O)c2ccc(NC(=O)c3cnccn3)cc2OC[C@H](C)N(C(C)=O)C[C@H]1C. The Morgan fingerprint density at radius 1 is 1.21 bits per heavy atom. The summed E-state index contributed by atoms with van der Waals surface area (Å²) in [5.74, 6) is -0.411. The van der Waals surface area contributed by atoms with Gasteiger partial charge in [0.25, 0.3) is 11.8 Å². The van der Waals surface area contributed by atoms with Gasteiger partial charge in [-0.05, 0) is 19.1 Å². The highest BCUT2D eigenvalue weighted by atomic mass is 16.5. The molecule has 10 nitrogen and oxygen atoms in total. The summed E-state index contributed by atoms with van der Waals surface area (Å²) < 4.78 is 11.7. The van der Waals surface area contributed by atoms with Crippen molar-refractivity contribution < 1.29 is 23.9 Å². The van der Waals surface area contributed by atoms with Crippen LogP contribution in [0.5, 0.6) is 5.75 Å². The molecule has 34 heavy (non-hydrogen) atoms. The van der Waals surface area contributed by atoms with Crippen LogP contribution in [0.15, 0.2) is 36.8 Å². The van der Waals surface area contributed by atoms with Crippen molar-refractivity contribution in [1.82, 2.24) is 19.8 Å². The first kappa shape index (κ1) is 25.1. The third kappa shape index (κ3) is 5.88. The Hall–Kier alpha value is -3.53. The van der Waals surface area contributed by atoms with Gasteiger partial charge in [0.2, 0.25) is 5.91 Å².